The van der Waals surface area contributed by atoms with Crippen molar-refractivity contribution in [1.29, 1.82) is 0 Å². The van der Waals surface area contributed by atoms with Gasteiger partial charge in [0.2, 0.25) is 5.12 Å². The third kappa shape index (κ3) is 6.43. The summed E-state index contributed by atoms with van der Waals surface area (Å²) in [5.74, 6) is -0.205. The van der Waals surface area contributed by atoms with E-state index in [1.54, 1.807) is 27.0 Å². The summed E-state index contributed by atoms with van der Waals surface area (Å²) in [5.41, 5.74) is -1.32. The van der Waals surface area contributed by atoms with Gasteiger partial charge in [0.05, 0.1) is 6.61 Å². The van der Waals surface area contributed by atoms with Crippen LogP contribution in [0.3, 0.4) is 0 Å². The molecule has 0 N–H and O–H groups in total. The Morgan fingerprint density at radius 2 is 1.74 bits per heavy atom. The van der Waals surface area contributed by atoms with Crippen molar-refractivity contribution in [3.8, 4) is 0 Å². The average Bonchev–Trinajstić information content (AvgIpc) is 2.37. The zero-order valence-corrected chi connectivity index (χ0v) is 13.7. The largest absolute Gasteiger partial charge is 0.459 e. The number of esters is 1. The minimum Gasteiger partial charge on any atom is -0.459 e. The summed E-state index contributed by atoms with van der Waals surface area (Å²) in [6.45, 7) is 9.55. The molecule has 1 atom stereocenters. The first kappa shape index (κ1) is 18.4. The highest BCUT2D eigenvalue weighted by Gasteiger charge is 2.31. The van der Waals surface area contributed by atoms with Gasteiger partial charge in [-0.2, -0.15) is 0 Å². The van der Waals surface area contributed by atoms with Crippen molar-refractivity contribution in [2.75, 3.05) is 12.9 Å². The van der Waals surface area contributed by atoms with E-state index in [-0.39, 0.29) is 11.1 Å². The summed E-state index contributed by atoms with van der Waals surface area (Å²) in [6, 6.07) is 0. The molecule has 19 heavy (non-hydrogen) atoms. The molecule has 0 spiro atoms. The Bertz CT molecular complexity index is 315. The Morgan fingerprint density at radius 3 is 2.16 bits per heavy atom. The normalized spacial score (nSPS) is 14.8. The van der Waals surface area contributed by atoms with Crippen molar-refractivity contribution in [3.05, 3.63) is 0 Å². The van der Waals surface area contributed by atoms with E-state index >= 15 is 0 Å². The first-order chi connectivity index (χ1) is 8.70. The van der Waals surface area contributed by atoms with Crippen LogP contribution in [-0.4, -0.2) is 35.1 Å². The van der Waals surface area contributed by atoms with Crippen molar-refractivity contribution in [2.24, 2.45) is 0 Å². The predicted octanol–water partition coefficient (Wildman–Crippen LogP) is 3.18. The lowest BCUT2D eigenvalue weighted by Crippen LogP contribution is -2.37. The van der Waals surface area contributed by atoms with E-state index in [0.717, 1.165) is 18.2 Å². The van der Waals surface area contributed by atoms with Gasteiger partial charge in [0.25, 0.3) is 0 Å². The van der Waals surface area contributed by atoms with E-state index in [2.05, 4.69) is 0 Å². The van der Waals surface area contributed by atoms with Crippen molar-refractivity contribution in [1.82, 2.24) is 0 Å². The molecule has 0 heterocycles. The third-order valence-corrected chi connectivity index (χ3v) is 4.03. The number of carbonyl (C=O) groups is 2. The molecule has 0 fully saturated rings. The topological polar surface area (TPSA) is 52.6 Å². The molecule has 0 aromatic rings. The fourth-order valence-corrected chi connectivity index (χ4v) is 2.02. The smallest absolute Gasteiger partial charge is 0.306 e. The van der Waals surface area contributed by atoms with Crippen LogP contribution in [0.4, 0.5) is 0 Å². The molecule has 0 radical (unpaired) electrons. The van der Waals surface area contributed by atoms with E-state index in [1.165, 1.54) is 0 Å². The van der Waals surface area contributed by atoms with Crippen molar-refractivity contribution in [2.45, 2.75) is 65.1 Å². The summed E-state index contributed by atoms with van der Waals surface area (Å²) in [5, 5.41) is -0.00347. The number of thioether (sulfide) groups is 1. The fraction of sp³-hybridized carbons (Fsp3) is 0.857. The molecule has 0 rings (SSSR count). The molecule has 0 aliphatic carbocycles. The molecule has 0 aliphatic heterocycles. The molecular weight excluding hydrogens is 264 g/mol. The van der Waals surface area contributed by atoms with Crippen LogP contribution in [0.5, 0.6) is 0 Å². The summed E-state index contributed by atoms with van der Waals surface area (Å²) < 4.78 is 11.1. The SMILES string of the molecule is CCC(=O)OC(C)(CC)CCOC(C)(C)C(=O)SC. The number of ether oxygens (including phenoxy) is 2. The Morgan fingerprint density at radius 1 is 1.16 bits per heavy atom. The monoisotopic (exact) mass is 290 g/mol. The maximum absolute atomic E-state index is 11.6. The standard InChI is InChI=1S/C14H26O4S/c1-7-11(15)18-14(5,8-2)9-10-17-13(3,4)12(16)19-6/h7-10H2,1-6H3. The molecular formula is C14H26O4S. The summed E-state index contributed by atoms with van der Waals surface area (Å²) in [6.07, 6.45) is 3.42. The van der Waals surface area contributed by atoms with Gasteiger partial charge in [0.15, 0.2) is 0 Å². The van der Waals surface area contributed by atoms with Crippen LogP contribution in [0.25, 0.3) is 0 Å². The van der Waals surface area contributed by atoms with Crippen molar-refractivity contribution < 1.29 is 19.1 Å². The molecule has 1 unspecified atom stereocenters. The van der Waals surface area contributed by atoms with Crippen molar-refractivity contribution in [3.63, 3.8) is 0 Å². The molecule has 0 aromatic heterocycles. The predicted molar refractivity (Wildman–Crippen MR) is 78.2 cm³/mol. The lowest BCUT2D eigenvalue weighted by Gasteiger charge is -2.30. The molecule has 0 bridgehead atoms. The molecule has 5 heteroatoms. The van der Waals surface area contributed by atoms with Gasteiger partial charge < -0.3 is 9.47 Å². The van der Waals surface area contributed by atoms with E-state index in [0.29, 0.717) is 19.4 Å². The molecule has 0 saturated carbocycles. The van der Waals surface area contributed by atoms with Crippen LogP contribution < -0.4 is 0 Å². The maximum Gasteiger partial charge on any atom is 0.306 e. The van der Waals surface area contributed by atoms with E-state index in [9.17, 15) is 9.59 Å². The second-order valence-corrected chi connectivity index (χ2v) is 6.01. The van der Waals surface area contributed by atoms with Crippen LogP contribution in [0, 0.1) is 0 Å². The van der Waals surface area contributed by atoms with Crippen LogP contribution in [-0.2, 0) is 19.1 Å². The van der Waals surface area contributed by atoms with Gasteiger partial charge in [-0.25, -0.2) is 0 Å². The van der Waals surface area contributed by atoms with Crippen LogP contribution in [0.15, 0.2) is 0 Å². The van der Waals surface area contributed by atoms with Gasteiger partial charge in [-0.15, -0.1) is 0 Å². The maximum atomic E-state index is 11.6. The summed E-state index contributed by atoms with van der Waals surface area (Å²) >= 11 is 1.16. The second kappa shape index (κ2) is 7.90. The highest BCUT2D eigenvalue weighted by molar-refractivity contribution is 8.13. The lowest BCUT2D eigenvalue weighted by molar-refractivity contribution is -0.161. The van der Waals surface area contributed by atoms with Gasteiger partial charge in [0.1, 0.15) is 11.2 Å². The van der Waals surface area contributed by atoms with E-state index in [4.69, 9.17) is 9.47 Å². The molecule has 0 saturated heterocycles. The lowest BCUT2D eigenvalue weighted by atomic mass is 9.99. The summed E-state index contributed by atoms with van der Waals surface area (Å²) in [7, 11) is 0. The minimum atomic E-state index is -0.803. The van der Waals surface area contributed by atoms with E-state index in [1.807, 2.05) is 13.8 Å². The minimum absolute atomic E-state index is 0.00347. The van der Waals surface area contributed by atoms with Gasteiger partial charge in [-0.1, -0.05) is 25.6 Å². The van der Waals surface area contributed by atoms with Gasteiger partial charge in [0, 0.05) is 12.8 Å². The zero-order valence-electron chi connectivity index (χ0n) is 12.9. The summed E-state index contributed by atoms with van der Waals surface area (Å²) in [4.78, 5) is 23.0. The van der Waals surface area contributed by atoms with Crippen LogP contribution in [0.1, 0.15) is 53.9 Å². The quantitative estimate of drug-likeness (QED) is 0.643. The van der Waals surface area contributed by atoms with Gasteiger partial charge in [-0.3, -0.25) is 9.59 Å². The average molecular weight is 290 g/mol. The number of hydrogen-bond acceptors (Lipinski definition) is 5. The number of carbonyl (C=O) groups excluding carboxylic acids is 2. The Balaban J connectivity index is 4.36. The van der Waals surface area contributed by atoms with Crippen LogP contribution in [0.2, 0.25) is 0 Å². The first-order valence-electron chi connectivity index (χ1n) is 6.65. The first-order valence-corrected chi connectivity index (χ1v) is 7.87. The third-order valence-electron chi connectivity index (χ3n) is 3.17. The van der Waals surface area contributed by atoms with E-state index < -0.39 is 11.2 Å². The molecule has 4 nitrogen and oxygen atoms in total. The van der Waals surface area contributed by atoms with Crippen molar-refractivity contribution >= 4 is 22.8 Å². The van der Waals surface area contributed by atoms with Gasteiger partial charge >= 0.3 is 5.97 Å². The second-order valence-electron chi connectivity index (χ2n) is 5.23. The molecule has 0 amide bonds. The fourth-order valence-electron chi connectivity index (χ4n) is 1.47. The number of rotatable bonds is 8. The molecule has 0 aliphatic rings. The Hall–Kier alpha value is -0.550. The Kier molecular flexibility index (Phi) is 7.67. The molecule has 112 valence electrons. The highest BCUT2D eigenvalue weighted by atomic mass is 32.2. The highest BCUT2D eigenvalue weighted by Crippen LogP contribution is 2.23. The number of hydrogen-bond donors (Lipinski definition) is 0. The molecule has 0 aromatic carbocycles. The zero-order chi connectivity index (χ0) is 15.1. The Labute approximate surface area is 120 Å². The van der Waals surface area contributed by atoms with Gasteiger partial charge in [-0.05, 0) is 33.4 Å². The van der Waals surface area contributed by atoms with Crippen LogP contribution >= 0.6 is 11.8 Å².